The number of aromatic nitrogens is 1. The molecule has 18 heavy (non-hydrogen) atoms. The molecule has 0 saturated carbocycles. The Morgan fingerprint density at radius 2 is 1.78 bits per heavy atom. The summed E-state index contributed by atoms with van der Waals surface area (Å²) in [7, 11) is 1.77. The standard InChI is InChI=1S/C13H21BN2O2/c1-12(2)13(3,4)18-14(17-12)10-16(5)11-8-6-7-9-15-11/h6-9H,10H2,1-5H3. The van der Waals surface area contributed by atoms with Gasteiger partial charge in [0.2, 0.25) is 0 Å². The molecule has 5 heteroatoms. The molecule has 0 atom stereocenters. The first-order valence-corrected chi connectivity index (χ1v) is 6.30. The second-order valence-electron chi connectivity index (χ2n) is 5.75. The Morgan fingerprint density at radius 3 is 2.28 bits per heavy atom. The number of nitrogens with zero attached hydrogens (tertiary/aromatic N) is 2. The second-order valence-corrected chi connectivity index (χ2v) is 5.75. The van der Waals surface area contributed by atoms with Gasteiger partial charge in [-0.15, -0.1) is 0 Å². The highest BCUT2D eigenvalue weighted by atomic mass is 16.7. The number of hydrogen-bond donors (Lipinski definition) is 0. The van der Waals surface area contributed by atoms with E-state index in [0.717, 1.165) is 5.82 Å². The smallest absolute Gasteiger partial charge is 0.402 e. The highest BCUT2D eigenvalue weighted by molar-refractivity contribution is 6.46. The van der Waals surface area contributed by atoms with E-state index < -0.39 is 0 Å². The molecule has 1 aliphatic rings. The van der Waals surface area contributed by atoms with E-state index in [-0.39, 0.29) is 18.3 Å². The first-order chi connectivity index (χ1) is 8.32. The first kappa shape index (κ1) is 13.4. The first-order valence-electron chi connectivity index (χ1n) is 6.30. The molecule has 0 amide bonds. The Balaban J connectivity index is 2.00. The average molecular weight is 248 g/mol. The molecular weight excluding hydrogens is 227 g/mol. The molecule has 2 rings (SSSR count). The zero-order valence-electron chi connectivity index (χ0n) is 11.8. The Bertz CT molecular complexity index is 393. The van der Waals surface area contributed by atoms with Crippen LogP contribution in [0.5, 0.6) is 0 Å². The molecule has 1 aromatic rings. The van der Waals surface area contributed by atoms with Crippen molar-refractivity contribution in [2.24, 2.45) is 0 Å². The summed E-state index contributed by atoms with van der Waals surface area (Å²) in [6.45, 7) is 8.25. The molecule has 98 valence electrons. The number of hydrogen-bond acceptors (Lipinski definition) is 4. The molecule has 0 aromatic carbocycles. The largest absolute Gasteiger partial charge is 0.478 e. The van der Waals surface area contributed by atoms with Crippen LogP contribution in [0.1, 0.15) is 27.7 Å². The third kappa shape index (κ3) is 2.52. The van der Waals surface area contributed by atoms with Gasteiger partial charge in [-0.2, -0.15) is 0 Å². The minimum atomic E-state index is -0.275. The van der Waals surface area contributed by atoms with Crippen molar-refractivity contribution >= 4 is 12.9 Å². The van der Waals surface area contributed by atoms with Gasteiger partial charge < -0.3 is 14.2 Å². The monoisotopic (exact) mass is 248 g/mol. The van der Waals surface area contributed by atoms with Gasteiger partial charge in [0.1, 0.15) is 5.82 Å². The highest BCUT2D eigenvalue weighted by Crippen LogP contribution is 2.36. The molecule has 4 nitrogen and oxygen atoms in total. The fraction of sp³-hybridized carbons (Fsp3) is 0.615. The summed E-state index contributed by atoms with van der Waals surface area (Å²) >= 11 is 0. The van der Waals surface area contributed by atoms with Crippen LogP contribution < -0.4 is 4.90 Å². The Labute approximate surface area is 109 Å². The number of anilines is 1. The quantitative estimate of drug-likeness (QED) is 0.767. The van der Waals surface area contributed by atoms with E-state index in [1.807, 2.05) is 30.1 Å². The van der Waals surface area contributed by atoms with Crippen LogP contribution >= 0.6 is 0 Å². The van der Waals surface area contributed by atoms with Crippen molar-refractivity contribution in [1.29, 1.82) is 0 Å². The lowest BCUT2D eigenvalue weighted by atomic mass is 9.90. The summed E-state index contributed by atoms with van der Waals surface area (Å²) in [4.78, 5) is 6.35. The highest BCUT2D eigenvalue weighted by Gasteiger charge is 2.51. The van der Waals surface area contributed by atoms with Gasteiger partial charge in [-0.25, -0.2) is 4.98 Å². The van der Waals surface area contributed by atoms with Crippen LogP contribution in [0.3, 0.4) is 0 Å². The van der Waals surface area contributed by atoms with E-state index in [0.29, 0.717) is 6.44 Å². The molecule has 1 aromatic heterocycles. The van der Waals surface area contributed by atoms with Gasteiger partial charge in [-0.1, -0.05) is 6.07 Å². The minimum Gasteiger partial charge on any atom is -0.402 e. The van der Waals surface area contributed by atoms with Crippen molar-refractivity contribution < 1.29 is 9.31 Å². The predicted octanol–water partition coefficient (Wildman–Crippen LogP) is 2.15. The molecule has 0 bridgehead atoms. The third-order valence-corrected chi connectivity index (χ3v) is 3.77. The van der Waals surface area contributed by atoms with Gasteiger partial charge in [0.05, 0.1) is 17.6 Å². The Morgan fingerprint density at radius 1 is 1.17 bits per heavy atom. The van der Waals surface area contributed by atoms with Gasteiger partial charge in [0, 0.05) is 13.2 Å². The number of rotatable bonds is 3. The van der Waals surface area contributed by atoms with Crippen LogP contribution in [0.2, 0.25) is 0 Å². The zero-order chi connectivity index (χ0) is 13.4. The molecule has 1 saturated heterocycles. The minimum absolute atomic E-state index is 0.220. The maximum absolute atomic E-state index is 5.96. The molecule has 0 N–H and O–H groups in total. The fourth-order valence-corrected chi connectivity index (χ4v) is 1.94. The van der Waals surface area contributed by atoms with Crippen molar-refractivity contribution in [3.8, 4) is 0 Å². The lowest BCUT2D eigenvalue weighted by molar-refractivity contribution is 0.00578. The van der Waals surface area contributed by atoms with Gasteiger partial charge in [0.15, 0.2) is 0 Å². The maximum atomic E-state index is 5.96. The summed E-state index contributed by atoms with van der Waals surface area (Å²) in [6.07, 6.45) is 2.46. The topological polar surface area (TPSA) is 34.6 Å². The normalized spacial score (nSPS) is 21.1. The van der Waals surface area contributed by atoms with Crippen LogP contribution in [0.4, 0.5) is 5.82 Å². The Kier molecular flexibility index (Phi) is 3.38. The second kappa shape index (κ2) is 4.55. The maximum Gasteiger partial charge on any atom is 0.478 e. The summed E-state index contributed by atoms with van der Waals surface area (Å²) in [5.41, 5.74) is -0.550. The van der Waals surface area contributed by atoms with Crippen LogP contribution in [-0.2, 0) is 9.31 Å². The lowest BCUT2D eigenvalue weighted by Gasteiger charge is -2.32. The van der Waals surface area contributed by atoms with Crippen molar-refractivity contribution in [3.63, 3.8) is 0 Å². The summed E-state index contributed by atoms with van der Waals surface area (Å²) in [5, 5.41) is 0. The van der Waals surface area contributed by atoms with Crippen molar-refractivity contribution in [3.05, 3.63) is 24.4 Å². The van der Waals surface area contributed by atoms with Crippen molar-refractivity contribution in [2.75, 3.05) is 18.4 Å². The van der Waals surface area contributed by atoms with Gasteiger partial charge >= 0.3 is 7.12 Å². The molecule has 0 aliphatic carbocycles. The number of pyridine rings is 1. The van der Waals surface area contributed by atoms with Gasteiger partial charge in [-0.05, 0) is 39.8 Å². The van der Waals surface area contributed by atoms with Crippen LogP contribution in [0, 0.1) is 0 Å². The average Bonchev–Trinajstić information content (AvgIpc) is 2.48. The predicted molar refractivity (Wildman–Crippen MR) is 73.6 cm³/mol. The molecule has 0 spiro atoms. The summed E-state index contributed by atoms with van der Waals surface area (Å²) in [6, 6.07) is 5.86. The van der Waals surface area contributed by atoms with Crippen LogP contribution in [0.25, 0.3) is 0 Å². The SMILES string of the molecule is CN(CB1OC(C)(C)C(C)(C)O1)c1ccccn1. The van der Waals surface area contributed by atoms with E-state index in [9.17, 15) is 0 Å². The van der Waals surface area contributed by atoms with E-state index in [2.05, 4.69) is 32.7 Å². The summed E-state index contributed by atoms with van der Waals surface area (Å²) < 4.78 is 11.9. The van der Waals surface area contributed by atoms with Crippen molar-refractivity contribution in [2.45, 2.75) is 38.9 Å². The van der Waals surface area contributed by atoms with E-state index >= 15 is 0 Å². The molecular formula is C13H21BN2O2. The fourth-order valence-electron chi connectivity index (χ4n) is 1.94. The van der Waals surface area contributed by atoms with Gasteiger partial charge in [-0.3, -0.25) is 0 Å². The van der Waals surface area contributed by atoms with E-state index in [1.54, 1.807) is 6.20 Å². The van der Waals surface area contributed by atoms with Crippen LogP contribution in [-0.4, -0.2) is 36.8 Å². The molecule has 0 radical (unpaired) electrons. The molecule has 1 fully saturated rings. The van der Waals surface area contributed by atoms with Crippen molar-refractivity contribution in [1.82, 2.24) is 4.98 Å². The Hall–Kier alpha value is -1.07. The zero-order valence-corrected chi connectivity index (χ0v) is 11.8. The third-order valence-electron chi connectivity index (χ3n) is 3.77. The summed E-state index contributed by atoms with van der Waals surface area (Å²) in [5.74, 6) is 0.923. The van der Waals surface area contributed by atoms with E-state index in [1.165, 1.54) is 0 Å². The lowest BCUT2D eigenvalue weighted by Crippen LogP contribution is -2.41. The van der Waals surface area contributed by atoms with E-state index in [4.69, 9.17) is 9.31 Å². The molecule has 1 aliphatic heterocycles. The molecule has 2 heterocycles. The van der Waals surface area contributed by atoms with Gasteiger partial charge in [0.25, 0.3) is 0 Å². The van der Waals surface area contributed by atoms with Crippen LogP contribution in [0.15, 0.2) is 24.4 Å². The molecule has 0 unspecified atom stereocenters.